The molecule has 0 unspecified atom stereocenters. The quantitative estimate of drug-likeness (QED) is 0.721. The van der Waals surface area contributed by atoms with E-state index in [0.717, 1.165) is 22.3 Å². The van der Waals surface area contributed by atoms with E-state index in [2.05, 4.69) is 20.8 Å². The first-order valence-corrected chi connectivity index (χ1v) is 6.60. The molecule has 2 aromatic carbocycles. The van der Waals surface area contributed by atoms with Crippen LogP contribution in [0.3, 0.4) is 0 Å². The summed E-state index contributed by atoms with van der Waals surface area (Å²) in [7, 11) is 0. The maximum absolute atomic E-state index is 12.6. The van der Waals surface area contributed by atoms with Crippen LogP contribution in [0.4, 0.5) is 0 Å². The fourth-order valence-corrected chi connectivity index (χ4v) is 2.24. The summed E-state index contributed by atoms with van der Waals surface area (Å²) in [5.41, 5.74) is 7.48. The van der Waals surface area contributed by atoms with Crippen LogP contribution in [0.25, 0.3) is 0 Å². The van der Waals surface area contributed by atoms with Crippen LogP contribution in [-0.4, -0.2) is 5.78 Å². The van der Waals surface area contributed by atoms with Gasteiger partial charge in [-0.15, -0.1) is 0 Å². The molecule has 0 heterocycles. The highest BCUT2D eigenvalue weighted by atomic mass is 16.1. The van der Waals surface area contributed by atoms with Gasteiger partial charge in [0, 0.05) is 11.1 Å². The van der Waals surface area contributed by atoms with Gasteiger partial charge < -0.3 is 0 Å². The fraction of sp³-hybridized carbons (Fsp3) is 0.278. The number of ketones is 1. The number of benzene rings is 2. The SMILES string of the molecule is Cc1ccc(C(=O)c2ccc(C)c(C)c2C)cc1C. The number of carbonyl (C=O) groups is 1. The number of carbonyl (C=O) groups excluding carboxylic acids is 1. The van der Waals surface area contributed by atoms with E-state index in [-0.39, 0.29) is 5.78 Å². The van der Waals surface area contributed by atoms with Crippen LogP contribution in [0.15, 0.2) is 30.3 Å². The van der Waals surface area contributed by atoms with E-state index < -0.39 is 0 Å². The summed E-state index contributed by atoms with van der Waals surface area (Å²) in [6.45, 7) is 10.3. The Morgan fingerprint density at radius 3 is 2.00 bits per heavy atom. The van der Waals surface area contributed by atoms with Gasteiger partial charge in [-0.2, -0.15) is 0 Å². The van der Waals surface area contributed by atoms with Gasteiger partial charge in [-0.05, 0) is 68.5 Å². The Morgan fingerprint density at radius 2 is 1.37 bits per heavy atom. The van der Waals surface area contributed by atoms with E-state index in [1.54, 1.807) is 0 Å². The predicted molar refractivity (Wildman–Crippen MR) is 80.0 cm³/mol. The second-order valence-electron chi connectivity index (χ2n) is 5.31. The predicted octanol–water partition coefficient (Wildman–Crippen LogP) is 4.46. The molecule has 0 aliphatic rings. The minimum Gasteiger partial charge on any atom is -0.289 e. The molecule has 0 N–H and O–H groups in total. The van der Waals surface area contributed by atoms with Crippen LogP contribution >= 0.6 is 0 Å². The first-order valence-electron chi connectivity index (χ1n) is 6.60. The topological polar surface area (TPSA) is 17.1 Å². The smallest absolute Gasteiger partial charge is 0.193 e. The molecular weight excluding hydrogens is 232 g/mol. The number of rotatable bonds is 2. The summed E-state index contributed by atoms with van der Waals surface area (Å²) in [5.74, 6) is 0.115. The van der Waals surface area contributed by atoms with Crippen molar-refractivity contribution in [2.24, 2.45) is 0 Å². The Labute approximate surface area is 115 Å². The largest absolute Gasteiger partial charge is 0.289 e. The maximum Gasteiger partial charge on any atom is 0.193 e. The Kier molecular flexibility index (Phi) is 3.57. The normalized spacial score (nSPS) is 10.6. The monoisotopic (exact) mass is 252 g/mol. The minimum absolute atomic E-state index is 0.115. The van der Waals surface area contributed by atoms with Gasteiger partial charge in [0.1, 0.15) is 0 Å². The van der Waals surface area contributed by atoms with E-state index in [9.17, 15) is 4.79 Å². The molecule has 0 saturated heterocycles. The molecule has 1 nitrogen and oxygen atoms in total. The summed E-state index contributed by atoms with van der Waals surface area (Å²) >= 11 is 0. The zero-order valence-electron chi connectivity index (χ0n) is 12.3. The van der Waals surface area contributed by atoms with Crippen molar-refractivity contribution in [1.29, 1.82) is 0 Å². The van der Waals surface area contributed by atoms with Gasteiger partial charge in [0.15, 0.2) is 5.78 Å². The molecule has 0 bridgehead atoms. The van der Waals surface area contributed by atoms with Crippen LogP contribution in [0, 0.1) is 34.6 Å². The van der Waals surface area contributed by atoms with E-state index in [1.165, 1.54) is 16.7 Å². The number of aryl methyl sites for hydroxylation is 3. The molecule has 19 heavy (non-hydrogen) atoms. The summed E-state index contributed by atoms with van der Waals surface area (Å²) in [6, 6.07) is 9.87. The molecule has 0 aromatic heterocycles. The number of hydrogen-bond acceptors (Lipinski definition) is 1. The molecule has 2 aromatic rings. The van der Waals surface area contributed by atoms with Gasteiger partial charge in [0.2, 0.25) is 0 Å². The average molecular weight is 252 g/mol. The second-order valence-corrected chi connectivity index (χ2v) is 5.31. The lowest BCUT2D eigenvalue weighted by Gasteiger charge is -2.11. The molecule has 0 spiro atoms. The summed E-state index contributed by atoms with van der Waals surface area (Å²) < 4.78 is 0. The standard InChI is InChI=1S/C18H20O/c1-11-6-8-16(10-13(11)3)18(19)17-9-7-12(2)14(4)15(17)5/h6-10H,1-5H3. The van der Waals surface area contributed by atoms with Crippen molar-refractivity contribution in [3.05, 3.63) is 69.3 Å². The van der Waals surface area contributed by atoms with Crippen molar-refractivity contribution in [3.8, 4) is 0 Å². The Bertz CT molecular complexity index is 651. The highest BCUT2D eigenvalue weighted by molar-refractivity contribution is 6.10. The molecule has 98 valence electrons. The lowest BCUT2D eigenvalue weighted by molar-refractivity contribution is 0.103. The Morgan fingerprint density at radius 1 is 0.737 bits per heavy atom. The third-order valence-corrected chi connectivity index (χ3v) is 4.07. The third-order valence-electron chi connectivity index (χ3n) is 4.07. The number of hydrogen-bond donors (Lipinski definition) is 0. The second kappa shape index (κ2) is 5.00. The maximum atomic E-state index is 12.6. The molecule has 0 aliphatic carbocycles. The third kappa shape index (κ3) is 2.46. The highest BCUT2D eigenvalue weighted by Gasteiger charge is 2.14. The van der Waals surface area contributed by atoms with E-state index in [1.807, 2.05) is 44.2 Å². The van der Waals surface area contributed by atoms with E-state index >= 15 is 0 Å². The van der Waals surface area contributed by atoms with Gasteiger partial charge >= 0.3 is 0 Å². The molecule has 1 heteroatoms. The van der Waals surface area contributed by atoms with Crippen molar-refractivity contribution in [2.45, 2.75) is 34.6 Å². The molecule has 0 radical (unpaired) electrons. The molecule has 0 atom stereocenters. The van der Waals surface area contributed by atoms with Crippen LogP contribution < -0.4 is 0 Å². The van der Waals surface area contributed by atoms with Gasteiger partial charge in [0.25, 0.3) is 0 Å². The van der Waals surface area contributed by atoms with E-state index in [0.29, 0.717) is 0 Å². The van der Waals surface area contributed by atoms with Gasteiger partial charge in [-0.1, -0.05) is 24.3 Å². The van der Waals surface area contributed by atoms with Gasteiger partial charge in [0.05, 0.1) is 0 Å². The van der Waals surface area contributed by atoms with Crippen LogP contribution in [-0.2, 0) is 0 Å². The molecule has 0 saturated carbocycles. The molecule has 0 aliphatic heterocycles. The van der Waals surface area contributed by atoms with Crippen LogP contribution in [0.2, 0.25) is 0 Å². The lowest BCUT2D eigenvalue weighted by Crippen LogP contribution is -2.06. The zero-order chi connectivity index (χ0) is 14.2. The first kappa shape index (κ1) is 13.5. The lowest BCUT2D eigenvalue weighted by atomic mass is 9.92. The summed E-state index contributed by atoms with van der Waals surface area (Å²) in [4.78, 5) is 12.6. The molecule has 0 fully saturated rings. The molecule has 0 amide bonds. The van der Waals surface area contributed by atoms with Crippen molar-refractivity contribution >= 4 is 5.78 Å². The Balaban J connectivity index is 2.50. The van der Waals surface area contributed by atoms with Crippen LogP contribution in [0.5, 0.6) is 0 Å². The van der Waals surface area contributed by atoms with Gasteiger partial charge in [-0.3, -0.25) is 4.79 Å². The average Bonchev–Trinajstić information content (AvgIpc) is 2.39. The van der Waals surface area contributed by atoms with Crippen molar-refractivity contribution in [2.75, 3.05) is 0 Å². The highest BCUT2D eigenvalue weighted by Crippen LogP contribution is 2.21. The van der Waals surface area contributed by atoms with Crippen LogP contribution in [0.1, 0.15) is 43.7 Å². The van der Waals surface area contributed by atoms with Crippen molar-refractivity contribution < 1.29 is 4.79 Å². The molecule has 2 rings (SSSR count). The fourth-order valence-electron chi connectivity index (χ4n) is 2.24. The molecular formula is C18H20O. The van der Waals surface area contributed by atoms with Crippen molar-refractivity contribution in [1.82, 2.24) is 0 Å². The first-order chi connectivity index (χ1) is 8.91. The zero-order valence-corrected chi connectivity index (χ0v) is 12.3. The summed E-state index contributed by atoms with van der Waals surface area (Å²) in [5, 5.41) is 0. The van der Waals surface area contributed by atoms with Crippen molar-refractivity contribution in [3.63, 3.8) is 0 Å². The minimum atomic E-state index is 0.115. The van der Waals surface area contributed by atoms with E-state index in [4.69, 9.17) is 0 Å². The Hall–Kier alpha value is -1.89. The summed E-state index contributed by atoms with van der Waals surface area (Å²) in [6.07, 6.45) is 0. The van der Waals surface area contributed by atoms with Gasteiger partial charge in [-0.25, -0.2) is 0 Å².